The second kappa shape index (κ2) is 21.5. The number of anilines is 6. The summed E-state index contributed by atoms with van der Waals surface area (Å²) in [5.41, 5.74) is 28.1. The van der Waals surface area contributed by atoms with Crippen molar-refractivity contribution >= 4 is 143 Å². The third-order valence-electron chi connectivity index (χ3n) is 24.5. The minimum atomic E-state index is -0.333. The number of hydrogen-bond acceptors (Lipinski definition) is 6. The molecule has 16 aromatic carbocycles. The van der Waals surface area contributed by atoms with Crippen molar-refractivity contribution in [2.75, 3.05) is 9.80 Å². The molecule has 0 atom stereocenters. The van der Waals surface area contributed by atoms with E-state index >= 15 is 0 Å². The first kappa shape index (κ1) is 60.3. The Balaban J connectivity index is 0.626. The molecule has 20 aromatic rings. The van der Waals surface area contributed by atoms with E-state index in [1.165, 1.54) is 77.2 Å². The summed E-state index contributed by atoms with van der Waals surface area (Å²) in [4.78, 5) is 4.82. The van der Waals surface area contributed by atoms with Crippen molar-refractivity contribution in [3.8, 4) is 56.0 Å². The fraction of sp³-hybridized carbons (Fsp3) is 0.0891. The van der Waals surface area contributed by atoms with E-state index in [4.69, 9.17) is 17.7 Å². The smallest absolute Gasteiger partial charge is 0.137 e. The van der Waals surface area contributed by atoms with Crippen LogP contribution in [0.15, 0.2) is 321 Å². The summed E-state index contributed by atoms with van der Waals surface area (Å²) in [7, 11) is 0. The first-order valence-corrected chi connectivity index (χ1v) is 37.2. The molecule has 506 valence electrons. The zero-order valence-corrected chi connectivity index (χ0v) is 59.9. The molecule has 0 spiro atoms. The quantitative estimate of drug-likeness (QED) is 0.151. The Kier molecular flexibility index (Phi) is 12.1. The van der Waals surface area contributed by atoms with Crippen molar-refractivity contribution < 1.29 is 17.7 Å². The van der Waals surface area contributed by atoms with Gasteiger partial charge in [0.2, 0.25) is 0 Å². The molecule has 0 amide bonds. The molecule has 6 heteroatoms. The van der Waals surface area contributed by atoms with Gasteiger partial charge in [0.15, 0.2) is 0 Å². The highest BCUT2D eigenvalue weighted by Crippen LogP contribution is 2.58. The van der Waals surface area contributed by atoms with Gasteiger partial charge in [0, 0.05) is 106 Å². The van der Waals surface area contributed by atoms with E-state index in [1.54, 1.807) is 0 Å². The fourth-order valence-electron chi connectivity index (χ4n) is 19.2. The summed E-state index contributed by atoms with van der Waals surface area (Å²) >= 11 is 0. The standard InChI is InChI=1S/C101H68N2O4/c1-99(2)87-53-83-77-41-35-71(102(67-31-27-59-43-65(25-23-61(59)45-67)91-47-63-17-9-13-21-89(63)104-91)69-33-39-75-79-37-29-57-15-7-11-19-73(57)97(79)100(3,4)85(75)49-69)51-93(77)106-95(83)55-81(87)82-56-96-84(54-88(82)99)78-42-36-72(52-94(78)107-96)103(68-32-28-60-44-66(26-24-62(60)46-68)92-48-64-18-10-14-22-90(64)105-92)70-34-40-76-80-38-30-58-16-8-12-20-74(58)98(80)101(5,6)86(76)50-70/h7-56H,1-6H3. The van der Waals surface area contributed by atoms with Gasteiger partial charge in [-0.25, -0.2) is 0 Å². The highest BCUT2D eigenvalue weighted by Gasteiger charge is 2.41. The maximum Gasteiger partial charge on any atom is 0.137 e. The van der Waals surface area contributed by atoms with E-state index in [0.717, 1.165) is 155 Å². The van der Waals surface area contributed by atoms with E-state index in [9.17, 15) is 0 Å². The number of hydrogen-bond donors (Lipinski definition) is 0. The second-order valence-electron chi connectivity index (χ2n) is 31.6. The zero-order chi connectivity index (χ0) is 71.1. The average Bonchev–Trinajstić information content (AvgIpc) is 1.56. The third kappa shape index (κ3) is 8.69. The molecule has 3 aliphatic carbocycles. The van der Waals surface area contributed by atoms with Gasteiger partial charge < -0.3 is 27.5 Å². The van der Waals surface area contributed by atoms with Crippen molar-refractivity contribution in [1.82, 2.24) is 0 Å². The summed E-state index contributed by atoms with van der Waals surface area (Å²) < 4.78 is 27.1. The lowest BCUT2D eigenvalue weighted by molar-refractivity contribution is 0.631. The molecule has 6 nitrogen and oxygen atoms in total. The van der Waals surface area contributed by atoms with Crippen LogP contribution >= 0.6 is 0 Å². The van der Waals surface area contributed by atoms with Gasteiger partial charge in [-0.2, -0.15) is 0 Å². The van der Waals surface area contributed by atoms with Crippen molar-refractivity contribution in [1.29, 1.82) is 0 Å². The zero-order valence-electron chi connectivity index (χ0n) is 59.9. The molecule has 0 saturated carbocycles. The summed E-state index contributed by atoms with van der Waals surface area (Å²) in [6.45, 7) is 14.3. The van der Waals surface area contributed by atoms with Gasteiger partial charge in [-0.1, -0.05) is 199 Å². The normalized spacial score (nSPS) is 14.3. The van der Waals surface area contributed by atoms with E-state index in [-0.39, 0.29) is 16.2 Å². The third-order valence-corrected chi connectivity index (χ3v) is 24.5. The maximum atomic E-state index is 7.16. The molecule has 0 fully saturated rings. The lowest BCUT2D eigenvalue weighted by atomic mass is 9.80. The number of furan rings is 4. The molecular formula is C101H68N2O4. The van der Waals surface area contributed by atoms with Crippen LogP contribution in [0.3, 0.4) is 0 Å². The van der Waals surface area contributed by atoms with Gasteiger partial charge in [0.05, 0.1) is 0 Å². The van der Waals surface area contributed by atoms with E-state index in [2.05, 4.69) is 330 Å². The summed E-state index contributed by atoms with van der Waals surface area (Å²) in [6, 6.07) is 112. The Labute approximate surface area is 617 Å². The largest absolute Gasteiger partial charge is 0.456 e. The molecule has 23 rings (SSSR count). The van der Waals surface area contributed by atoms with E-state index < -0.39 is 0 Å². The van der Waals surface area contributed by atoms with Crippen LogP contribution in [0.25, 0.3) is 165 Å². The van der Waals surface area contributed by atoms with Crippen LogP contribution in [-0.4, -0.2) is 0 Å². The van der Waals surface area contributed by atoms with Gasteiger partial charge in [0.1, 0.15) is 45.0 Å². The lowest BCUT2D eigenvalue weighted by Gasteiger charge is -2.28. The summed E-state index contributed by atoms with van der Waals surface area (Å²) in [5.74, 6) is 1.72. The summed E-state index contributed by atoms with van der Waals surface area (Å²) in [6.07, 6.45) is 0. The van der Waals surface area contributed by atoms with Crippen LogP contribution < -0.4 is 9.80 Å². The number of rotatable bonds is 8. The highest BCUT2D eigenvalue weighted by atomic mass is 16.3. The Morgan fingerprint density at radius 2 is 0.551 bits per heavy atom. The molecule has 4 heterocycles. The fourth-order valence-corrected chi connectivity index (χ4v) is 19.2. The van der Waals surface area contributed by atoms with E-state index in [0.29, 0.717) is 0 Å². The van der Waals surface area contributed by atoms with Crippen LogP contribution in [0.4, 0.5) is 34.1 Å². The van der Waals surface area contributed by atoms with E-state index in [1.807, 2.05) is 24.3 Å². The van der Waals surface area contributed by atoms with Gasteiger partial charge in [-0.3, -0.25) is 0 Å². The predicted molar refractivity (Wildman–Crippen MR) is 443 cm³/mol. The van der Waals surface area contributed by atoms with Gasteiger partial charge in [-0.05, 0) is 243 Å². The first-order chi connectivity index (χ1) is 52.2. The minimum absolute atomic E-state index is 0.252. The minimum Gasteiger partial charge on any atom is -0.456 e. The SMILES string of the molecule is CC1(C)c2cc3c(cc2-c2cc4oc5cc(N(c6ccc7c(c6)C(C)(C)c6c-7ccc7ccccc67)c6ccc7cc(-c8cc9ccccc9o8)ccc7c6)ccc5c4cc21)oc1cc(N(c2ccc4c(c2)C(C)(C)c2c-4ccc4ccccc24)c2ccc4cc(-c5cc6ccccc6o5)ccc4c2)ccc13. The molecule has 0 radical (unpaired) electrons. The number of fused-ring (bicyclic) bond motifs is 23. The van der Waals surface area contributed by atoms with Crippen molar-refractivity contribution in [2.45, 2.75) is 57.8 Å². The monoisotopic (exact) mass is 1370 g/mol. The number of para-hydroxylation sites is 2. The molecule has 4 aromatic heterocycles. The molecular weight excluding hydrogens is 1310 g/mol. The van der Waals surface area contributed by atoms with Crippen LogP contribution in [0.2, 0.25) is 0 Å². The van der Waals surface area contributed by atoms with Crippen molar-refractivity contribution in [3.63, 3.8) is 0 Å². The van der Waals surface area contributed by atoms with Crippen LogP contribution in [0, 0.1) is 0 Å². The topological polar surface area (TPSA) is 59.0 Å². The van der Waals surface area contributed by atoms with Crippen LogP contribution in [0.5, 0.6) is 0 Å². The Bertz CT molecular complexity index is 6830. The Hall–Kier alpha value is -13.2. The first-order valence-electron chi connectivity index (χ1n) is 37.2. The molecule has 0 bridgehead atoms. The van der Waals surface area contributed by atoms with Crippen molar-refractivity contribution in [2.24, 2.45) is 0 Å². The Morgan fingerprint density at radius 1 is 0.206 bits per heavy atom. The van der Waals surface area contributed by atoms with Gasteiger partial charge in [0.25, 0.3) is 0 Å². The number of benzene rings is 16. The molecule has 107 heavy (non-hydrogen) atoms. The second-order valence-corrected chi connectivity index (χ2v) is 31.6. The van der Waals surface area contributed by atoms with Gasteiger partial charge in [-0.15, -0.1) is 0 Å². The Morgan fingerprint density at radius 3 is 1.01 bits per heavy atom. The van der Waals surface area contributed by atoms with Crippen LogP contribution in [-0.2, 0) is 16.2 Å². The van der Waals surface area contributed by atoms with Gasteiger partial charge >= 0.3 is 0 Å². The predicted octanol–water partition coefficient (Wildman–Crippen LogP) is 28.8. The van der Waals surface area contributed by atoms with Crippen LogP contribution in [0.1, 0.15) is 74.9 Å². The highest BCUT2D eigenvalue weighted by molar-refractivity contribution is 6.13. The lowest BCUT2D eigenvalue weighted by Crippen LogP contribution is -2.17. The maximum absolute atomic E-state index is 7.16. The number of nitrogens with zero attached hydrogens (tertiary/aromatic N) is 2. The summed E-state index contributed by atoms with van der Waals surface area (Å²) in [5, 5.41) is 16.2. The molecule has 0 N–H and O–H groups in total. The molecule has 0 unspecified atom stereocenters. The van der Waals surface area contributed by atoms with Crippen molar-refractivity contribution in [3.05, 3.63) is 337 Å². The molecule has 3 aliphatic rings. The molecule has 0 saturated heterocycles. The molecule has 0 aliphatic heterocycles. The average molecular weight is 1370 g/mol.